The standard InChI is InChI=1S/C20H19F3N2O3/c1-13-4-5-14(11-17(13)20(21,22)23)24-18(26)12-28-16-8-6-15(7-9-16)25-10-2-3-19(25)27/h4-9,11H,2-3,10,12H2,1H3,(H,24,26). The maximum absolute atomic E-state index is 12.9. The molecule has 0 unspecified atom stereocenters. The van der Waals surface area contributed by atoms with Crippen molar-refractivity contribution in [2.75, 3.05) is 23.4 Å². The Kier molecular flexibility index (Phi) is 5.58. The van der Waals surface area contributed by atoms with Gasteiger partial charge in [-0.15, -0.1) is 0 Å². The Morgan fingerprint density at radius 3 is 2.50 bits per heavy atom. The molecule has 2 aromatic rings. The molecular weight excluding hydrogens is 373 g/mol. The van der Waals surface area contributed by atoms with Crippen LogP contribution in [-0.2, 0) is 15.8 Å². The first-order valence-electron chi connectivity index (χ1n) is 8.75. The molecule has 8 heteroatoms. The number of aryl methyl sites for hydroxylation is 1. The molecule has 3 rings (SSSR count). The van der Waals surface area contributed by atoms with Crippen LogP contribution in [0.4, 0.5) is 24.5 Å². The van der Waals surface area contributed by atoms with Gasteiger partial charge in [-0.1, -0.05) is 6.07 Å². The van der Waals surface area contributed by atoms with Gasteiger partial charge in [0.2, 0.25) is 5.91 Å². The molecule has 0 aromatic heterocycles. The maximum Gasteiger partial charge on any atom is 0.416 e. The fraction of sp³-hybridized carbons (Fsp3) is 0.300. The predicted molar refractivity (Wildman–Crippen MR) is 98.3 cm³/mol. The highest BCUT2D eigenvalue weighted by atomic mass is 19.4. The third-order valence-electron chi connectivity index (χ3n) is 4.42. The molecule has 0 bridgehead atoms. The van der Waals surface area contributed by atoms with Gasteiger partial charge in [0.1, 0.15) is 5.75 Å². The van der Waals surface area contributed by atoms with E-state index in [0.29, 0.717) is 18.7 Å². The van der Waals surface area contributed by atoms with Crippen LogP contribution in [0.1, 0.15) is 24.0 Å². The summed E-state index contributed by atoms with van der Waals surface area (Å²) in [4.78, 5) is 25.4. The number of carbonyl (C=O) groups excluding carboxylic acids is 2. The highest BCUT2D eigenvalue weighted by molar-refractivity contribution is 5.95. The van der Waals surface area contributed by atoms with Crippen molar-refractivity contribution in [2.24, 2.45) is 0 Å². The van der Waals surface area contributed by atoms with Crippen LogP contribution in [0.2, 0.25) is 0 Å². The summed E-state index contributed by atoms with van der Waals surface area (Å²) < 4.78 is 44.2. The number of ether oxygens (including phenoxy) is 1. The largest absolute Gasteiger partial charge is 0.484 e. The summed E-state index contributed by atoms with van der Waals surface area (Å²) in [7, 11) is 0. The molecule has 28 heavy (non-hydrogen) atoms. The van der Waals surface area contributed by atoms with Gasteiger partial charge in [-0.2, -0.15) is 13.2 Å². The van der Waals surface area contributed by atoms with E-state index in [0.717, 1.165) is 18.2 Å². The molecule has 148 valence electrons. The van der Waals surface area contributed by atoms with Crippen LogP contribution in [0.25, 0.3) is 0 Å². The van der Waals surface area contributed by atoms with Crippen LogP contribution in [0.3, 0.4) is 0 Å². The molecule has 2 amide bonds. The zero-order chi connectivity index (χ0) is 20.3. The number of halogens is 3. The second kappa shape index (κ2) is 7.92. The van der Waals surface area contributed by atoms with Gasteiger partial charge in [0.25, 0.3) is 5.91 Å². The lowest BCUT2D eigenvalue weighted by Crippen LogP contribution is -2.23. The van der Waals surface area contributed by atoms with Gasteiger partial charge in [-0.25, -0.2) is 0 Å². The second-order valence-corrected chi connectivity index (χ2v) is 6.51. The van der Waals surface area contributed by atoms with Gasteiger partial charge in [0, 0.05) is 24.3 Å². The fourth-order valence-electron chi connectivity index (χ4n) is 2.99. The number of nitrogens with one attached hydrogen (secondary N) is 1. The lowest BCUT2D eigenvalue weighted by molar-refractivity contribution is -0.138. The Morgan fingerprint density at radius 1 is 1.18 bits per heavy atom. The van der Waals surface area contributed by atoms with Crippen molar-refractivity contribution >= 4 is 23.2 Å². The lowest BCUT2D eigenvalue weighted by Gasteiger charge is -2.16. The third-order valence-corrected chi connectivity index (χ3v) is 4.42. The Balaban J connectivity index is 1.57. The number of benzene rings is 2. The Hall–Kier alpha value is -3.03. The summed E-state index contributed by atoms with van der Waals surface area (Å²) in [6, 6.07) is 10.3. The summed E-state index contributed by atoms with van der Waals surface area (Å²) in [5.74, 6) is -0.0782. The number of hydrogen-bond donors (Lipinski definition) is 1. The topological polar surface area (TPSA) is 58.6 Å². The monoisotopic (exact) mass is 392 g/mol. The van der Waals surface area contributed by atoms with Crippen molar-refractivity contribution in [3.8, 4) is 5.75 Å². The SMILES string of the molecule is Cc1ccc(NC(=O)COc2ccc(N3CCCC3=O)cc2)cc1C(F)(F)F. The summed E-state index contributed by atoms with van der Waals surface area (Å²) in [6.07, 6.45) is -3.13. The van der Waals surface area contributed by atoms with E-state index in [1.807, 2.05) is 0 Å². The summed E-state index contributed by atoms with van der Waals surface area (Å²) in [5.41, 5.74) is 0.102. The van der Waals surface area contributed by atoms with Gasteiger partial charge in [-0.05, 0) is 55.3 Å². The van der Waals surface area contributed by atoms with Crippen LogP contribution >= 0.6 is 0 Å². The van der Waals surface area contributed by atoms with Gasteiger partial charge in [-0.3, -0.25) is 9.59 Å². The number of nitrogens with zero attached hydrogens (tertiary/aromatic N) is 1. The zero-order valence-electron chi connectivity index (χ0n) is 15.2. The van der Waals surface area contributed by atoms with Crippen molar-refractivity contribution in [1.82, 2.24) is 0 Å². The van der Waals surface area contributed by atoms with Crippen molar-refractivity contribution < 1.29 is 27.5 Å². The minimum Gasteiger partial charge on any atom is -0.484 e. The molecule has 1 saturated heterocycles. The van der Waals surface area contributed by atoms with E-state index in [1.54, 1.807) is 29.2 Å². The lowest BCUT2D eigenvalue weighted by atomic mass is 10.1. The Bertz CT molecular complexity index is 879. The minimum absolute atomic E-state index is 0.0504. The molecule has 0 atom stereocenters. The number of carbonyl (C=O) groups is 2. The highest BCUT2D eigenvalue weighted by Crippen LogP contribution is 2.33. The van der Waals surface area contributed by atoms with Crippen LogP contribution in [0, 0.1) is 6.92 Å². The number of rotatable bonds is 5. The van der Waals surface area contributed by atoms with Gasteiger partial charge in [0.15, 0.2) is 6.61 Å². The average molecular weight is 392 g/mol. The van der Waals surface area contributed by atoms with E-state index in [1.165, 1.54) is 19.1 Å². The molecule has 0 saturated carbocycles. The average Bonchev–Trinajstić information content (AvgIpc) is 3.07. The number of hydrogen-bond acceptors (Lipinski definition) is 3. The molecule has 1 aliphatic rings. The predicted octanol–water partition coefficient (Wildman–Crippen LogP) is 4.16. The van der Waals surface area contributed by atoms with Crippen LogP contribution in [0.15, 0.2) is 42.5 Å². The molecule has 0 aliphatic carbocycles. The molecule has 1 N–H and O–H groups in total. The molecule has 1 aliphatic heterocycles. The summed E-state index contributed by atoms with van der Waals surface area (Å²) >= 11 is 0. The molecular formula is C20H19F3N2O3. The second-order valence-electron chi connectivity index (χ2n) is 6.51. The minimum atomic E-state index is -4.49. The molecule has 1 heterocycles. The van der Waals surface area contributed by atoms with Crippen molar-refractivity contribution in [1.29, 1.82) is 0 Å². The number of amides is 2. The van der Waals surface area contributed by atoms with Crippen LogP contribution in [-0.4, -0.2) is 25.0 Å². The van der Waals surface area contributed by atoms with E-state index < -0.39 is 17.6 Å². The summed E-state index contributed by atoms with van der Waals surface area (Å²) in [6.45, 7) is 1.69. The first-order chi connectivity index (χ1) is 13.2. The van der Waals surface area contributed by atoms with Crippen molar-refractivity contribution in [3.05, 3.63) is 53.6 Å². The van der Waals surface area contributed by atoms with Crippen LogP contribution in [0.5, 0.6) is 5.75 Å². The smallest absolute Gasteiger partial charge is 0.416 e. The van der Waals surface area contributed by atoms with E-state index in [-0.39, 0.29) is 23.8 Å². The normalized spacial score (nSPS) is 14.3. The molecule has 0 spiro atoms. The third kappa shape index (κ3) is 4.62. The highest BCUT2D eigenvalue weighted by Gasteiger charge is 2.32. The molecule has 1 fully saturated rings. The zero-order valence-corrected chi connectivity index (χ0v) is 15.2. The molecule has 2 aromatic carbocycles. The van der Waals surface area contributed by atoms with Gasteiger partial charge < -0.3 is 15.0 Å². The first-order valence-corrected chi connectivity index (χ1v) is 8.75. The number of alkyl halides is 3. The Morgan fingerprint density at radius 2 is 1.89 bits per heavy atom. The van der Waals surface area contributed by atoms with Gasteiger partial charge >= 0.3 is 6.18 Å². The van der Waals surface area contributed by atoms with E-state index in [9.17, 15) is 22.8 Å². The maximum atomic E-state index is 12.9. The molecule has 0 radical (unpaired) electrons. The van der Waals surface area contributed by atoms with E-state index >= 15 is 0 Å². The summed E-state index contributed by atoms with van der Waals surface area (Å²) in [5, 5.41) is 2.40. The van der Waals surface area contributed by atoms with Crippen molar-refractivity contribution in [3.63, 3.8) is 0 Å². The quantitative estimate of drug-likeness (QED) is 0.831. The Labute approximate surface area is 160 Å². The van der Waals surface area contributed by atoms with Gasteiger partial charge in [0.05, 0.1) is 5.56 Å². The van der Waals surface area contributed by atoms with E-state index in [2.05, 4.69) is 5.32 Å². The van der Waals surface area contributed by atoms with Crippen LogP contribution < -0.4 is 15.0 Å². The number of anilines is 2. The first kappa shape index (κ1) is 19.7. The van der Waals surface area contributed by atoms with E-state index in [4.69, 9.17) is 4.74 Å². The van der Waals surface area contributed by atoms with Crippen molar-refractivity contribution in [2.45, 2.75) is 25.9 Å². The molecule has 5 nitrogen and oxygen atoms in total. The fourth-order valence-corrected chi connectivity index (χ4v) is 2.99.